The van der Waals surface area contributed by atoms with Crippen molar-refractivity contribution in [1.29, 1.82) is 0 Å². The van der Waals surface area contributed by atoms with E-state index in [0.717, 1.165) is 37.0 Å². The molecule has 4 nitrogen and oxygen atoms in total. The molecule has 0 aliphatic heterocycles. The largest absolute Gasteiger partial charge is 0.505 e. The third kappa shape index (κ3) is 2.71. The first-order chi connectivity index (χ1) is 9.95. The van der Waals surface area contributed by atoms with Gasteiger partial charge in [-0.3, -0.25) is 4.72 Å². The molecule has 0 heterocycles. The zero-order valence-corrected chi connectivity index (χ0v) is 12.0. The predicted molar refractivity (Wildman–Crippen MR) is 77.3 cm³/mol. The molecule has 0 saturated heterocycles. The van der Waals surface area contributed by atoms with Gasteiger partial charge < -0.3 is 5.11 Å². The van der Waals surface area contributed by atoms with Gasteiger partial charge in [0.2, 0.25) is 0 Å². The molecule has 6 heteroatoms. The Morgan fingerprint density at radius 3 is 2.57 bits per heavy atom. The highest BCUT2D eigenvalue weighted by molar-refractivity contribution is 7.92. The van der Waals surface area contributed by atoms with Gasteiger partial charge in [0.05, 0.1) is 10.6 Å². The SMILES string of the molecule is O=S(=O)(Nc1ccc(O)c(F)c1)c1ccc2c(c1)CCC2. The fourth-order valence-corrected chi connectivity index (χ4v) is 3.60. The highest BCUT2D eigenvalue weighted by Crippen LogP contribution is 2.26. The van der Waals surface area contributed by atoms with Crippen LogP contribution in [-0.4, -0.2) is 13.5 Å². The van der Waals surface area contributed by atoms with Crippen molar-refractivity contribution in [3.8, 4) is 5.75 Å². The van der Waals surface area contributed by atoms with Gasteiger partial charge in [-0.05, 0) is 54.7 Å². The van der Waals surface area contributed by atoms with Crippen LogP contribution in [-0.2, 0) is 22.9 Å². The van der Waals surface area contributed by atoms with Crippen LogP contribution in [0.5, 0.6) is 5.75 Å². The molecule has 2 aromatic carbocycles. The van der Waals surface area contributed by atoms with E-state index >= 15 is 0 Å². The number of nitrogens with one attached hydrogen (secondary N) is 1. The van der Waals surface area contributed by atoms with E-state index in [4.69, 9.17) is 5.11 Å². The molecule has 0 fully saturated rings. The summed E-state index contributed by atoms with van der Waals surface area (Å²) < 4.78 is 40.2. The molecule has 0 unspecified atom stereocenters. The van der Waals surface area contributed by atoms with Crippen molar-refractivity contribution in [2.45, 2.75) is 24.2 Å². The minimum atomic E-state index is -3.76. The van der Waals surface area contributed by atoms with Crippen molar-refractivity contribution in [3.05, 3.63) is 53.3 Å². The van der Waals surface area contributed by atoms with Crippen LogP contribution < -0.4 is 4.72 Å². The summed E-state index contributed by atoms with van der Waals surface area (Å²) in [6, 6.07) is 8.42. The van der Waals surface area contributed by atoms with E-state index in [2.05, 4.69) is 4.72 Å². The van der Waals surface area contributed by atoms with E-state index in [1.807, 2.05) is 6.07 Å². The number of hydrogen-bond donors (Lipinski definition) is 2. The highest BCUT2D eigenvalue weighted by atomic mass is 32.2. The summed E-state index contributed by atoms with van der Waals surface area (Å²) in [5.41, 5.74) is 2.31. The molecule has 1 aliphatic rings. The first kappa shape index (κ1) is 13.9. The molecule has 0 amide bonds. The zero-order valence-electron chi connectivity index (χ0n) is 11.1. The zero-order chi connectivity index (χ0) is 15.0. The van der Waals surface area contributed by atoms with Crippen molar-refractivity contribution >= 4 is 15.7 Å². The lowest BCUT2D eigenvalue weighted by molar-refractivity contribution is 0.432. The van der Waals surface area contributed by atoms with Gasteiger partial charge in [0.25, 0.3) is 10.0 Å². The average Bonchev–Trinajstić information content (AvgIpc) is 2.90. The summed E-state index contributed by atoms with van der Waals surface area (Å²) in [6.07, 6.45) is 2.90. The fraction of sp³-hybridized carbons (Fsp3) is 0.200. The first-order valence-corrected chi connectivity index (χ1v) is 8.07. The van der Waals surface area contributed by atoms with Gasteiger partial charge in [-0.1, -0.05) is 6.07 Å². The molecule has 21 heavy (non-hydrogen) atoms. The predicted octanol–water partition coefficient (Wildman–Crippen LogP) is 2.82. The number of sulfonamides is 1. The van der Waals surface area contributed by atoms with Gasteiger partial charge >= 0.3 is 0 Å². The van der Waals surface area contributed by atoms with E-state index in [9.17, 15) is 12.8 Å². The van der Waals surface area contributed by atoms with Gasteiger partial charge in [0.1, 0.15) is 0 Å². The van der Waals surface area contributed by atoms with Crippen LogP contribution >= 0.6 is 0 Å². The molecule has 0 bridgehead atoms. The third-order valence-corrected chi connectivity index (χ3v) is 4.96. The number of aromatic hydroxyl groups is 1. The molecule has 110 valence electrons. The number of anilines is 1. The van der Waals surface area contributed by atoms with Crippen LogP contribution in [0, 0.1) is 5.82 Å². The number of fused-ring (bicyclic) bond motifs is 1. The van der Waals surface area contributed by atoms with Crippen LogP contribution in [0.2, 0.25) is 0 Å². The normalized spacial score (nSPS) is 14.0. The Bertz CT molecular complexity index is 803. The van der Waals surface area contributed by atoms with Gasteiger partial charge in [-0.2, -0.15) is 0 Å². The lowest BCUT2D eigenvalue weighted by Gasteiger charge is -2.10. The Morgan fingerprint density at radius 1 is 1.05 bits per heavy atom. The molecule has 0 aromatic heterocycles. The van der Waals surface area contributed by atoms with Gasteiger partial charge in [-0.15, -0.1) is 0 Å². The Balaban J connectivity index is 1.91. The maximum Gasteiger partial charge on any atom is 0.261 e. The fourth-order valence-electron chi connectivity index (χ4n) is 2.50. The first-order valence-electron chi connectivity index (χ1n) is 6.59. The third-order valence-electron chi connectivity index (χ3n) is 3.58. The number of hydrogen-bond acceptors (Lipinski definition) is 3. The number of halogens is 1. The topological polar surface area (TPSA) is 66.4 Å². The minimum Gasteiger partial charge on any atom is -0.505 e. The second-order valence-electron chi connectivity index (χ2n) is 5.06. The van der Waals surface area contributed by atoms with Crippen molar-refractivity contribution in [2.24, 2.45) is 0 Å². The van der Waals surface area contributed by atoms with Crippen molar-refractivity contribution in [1.82, 2.24) is 0 Å². The second-order valence-corrected chi connectivity index (χ2v) is 6.74. The van der Waals surface area contributed by atoms with E-state index < -0.39 is 21.6 Å². The highest BCUT2D eigenvalue weighted by Gasteiger charge is 2.19. The average molecular weight is 307 g/mol. The number of phenols is 1. The maximum absolute atomic E-state index is 13.3. The van der Waals surface area contributed by atoms with Crippen LogP contribution in [0.1, 0.15) is 17.5 Å². The second kappa shape index (κ2) is 5.04. The molecule has 0 atom stereocenters. The Labute approximate surface area is 122 Å². The van der Waals surface area contributed by atoms with Crippen molar-refractivity contribution in [3.63, 3.8) is 0 Å². The molecule has 2 N–H and O–H groups in total. The Morgan fingerprint density at radius 2 is 1.81 bits per heavy atom. The number of benzene rings is 2. The number of rotatable bonds is 3. The minimum absolute atomic E-state index is 0.0748. The van der Waals surface area contributed by atoms with Gasteiger partial charge in [0.15, 0.2) is 11.6 Å². The van der Waals surface area contributed by atoms with Crippen LogP contribution in [0.15, 0.2) is 41.3 Å². The molecule has 3 rings (SSSR count). The van der Waals surface area contributed by atoms with E-state index in [0.29, 0.717) is 0 Å². The molecule has 0 spiro atoms. The van der Waals surface area contributed by atoms with Crippen LogP contribution in [0.3, 0.4) is 0 Å². The standard InChI is InChI=1S/C15H14FNO3S/c16-14-9-12(5-7-15(14)18)17-21(19,20)13-6-4-10-2-1-3-11(10)8-13/h4-9,17-18H,1-3H2. The Kier molecular flexibility index (Phi) is 3.33. The number of aryl methyl sites for hydroxylation is 2. The van der Waals surface area contributed by atoms with Crippen LogP contribution in [0.4, 0.5) is 10.1 Å². The van der Waals surface area contributed by atoms with Gasteiger partial charge in [0, 0.05) is 6.07 Å². The smallest absolute Gasteiger partial charge is 0.261 e. The maximum atomic E-state index is 13.3. The molecule has 0 radical (unpaired) electrons. The van der Waals surface area contributed by atoms with E-state index in [1.54, 1.807) is 12.1 Å². The monoisotopic (exact) mass is 307 g/mol. The van der Waals surface area contributed by atoms with Gasteiger partial charge in [-0.25, -0.2) is 12.8 Å². The summed E-state index contributed by atoms with van der Waals surface area (Å²) in [5, 5.41) is 9.11. The summed E-state index contributed by atoms with van der Waals surface area (Å²) in [5.74, 6) is -1.39. The van der Waals surface area contributed by atoms with Crippen LogP contribution in [0.25, 0.3) is 0 Å². The Hall–Kier alpha value is -2.08. The summed E-state index contributed by atoms with van der Waals surface area (Å²) >= 11 is 0. The quantitative estimate of drug-likeness (QED) is 0.857. The number of phenolic OH excluding ortho intramolecular Hbond substituents is 1. The molecule has 0 saturated carbocycles. The molecular weight excluding hydrogens is 293 g/mol. The lowest BCUT2D eigenvalue weighted by Crippen LogP contribution is -2.13. The summed E-state index contributed by atoms with van der Waals surface area (Å²) in [6.45, 7) is 0. The molecule has 1 aliphatic carbocycles. The van der Waals surface area contributed by atoms with E-state index in [1.165, 1.54) is 11.6 Å². The molecular formula is C15H14FNO3S. The summed E-state index contributed by atoms with van der Waals surface area (Å²) in [7, 11) is -3.76. The van der Waals surface area contributed by atoms with E-state index in [-0.39, 0.29) is 10.6 Å². The van der Waals surface area contributed by atoms with Crippen molar-refractivity contribution in [2.75, 3.05) is 4.72 Å². The van der Waals surface area contributed by atoms with Crippen molar-refractivity contribution < 1.29 is 17.9 Å². The lowest BCUT2D eigenvalue weighted by atomic mass is 10.1. The summed E-state index contributed by atoms with van der Waals surface area (Å²) in [4.78, 5) is 0.164. The molecule has 2 aromatic rings.